The quantitative estimate of drug-likeness (QED) is 0.0834. The van der Waals surface area contributed by atoms with Crippen LogP contribution in [-0.4, -0.2) is 77.3 Å². The van der Waals surface area contributed by atoms with E-state index >= 15 is 0 Å². The van der Waals surface area contributed by atoms with Gasteiger partial charge in [-0.15, -0.1) is 0 Å². The fraction of sp³-hybridized carbons (Fsp3) is 0.406. The standard InChI is InChI=1S/C34H42O4.C30H30O4/c1-21-13-27(14-22(2)31(21)37-19-29-17-35-29)33(5,6)25-9-11-26(12-10-25)34(7,8)28-15-23(3)32(24(4)16-28)38-20-30-18-36-30;1-17-9-23-11-21(5-7-27(23)19(3)29(17)33-15-25-13-31-25)22-6-8-28-20(4)30(34-16-26-14-32-26)18(2)10-24(28)12-22/h9-16,29-30H,17-20H2,1-8H3;5-12,25-26H,13-16H2,1-4H3. The van der Waals surface area contributed by atoms with E-state index in [-0.39, 0.29) is 35.2 Å². The van der Waals surface area contributed by atoms with E-state index in [1.165, 1.54) is 88.3 Å². The van der Waals surface area contributed by atoms with Crippen molar-refractivity contribution >= 4 is 21.5 Å². The molecule has 4 unspecified atom stereocenters. The summed E-state index contributed by atoms with van der Waals surface area (Å²) < 4.78 is 45.5. The maximum Gasteiger partial charge on any atom is 0.125 e. The lowest BCUT2D eigenvalue weighted by molar-refractivity contribution is 0.260. The van der Waals surface area contributed by atoms with Crippen LogP contribution in [0.25, 0.3) is 32.7 Å². The predicted molar refractivity (Wildman–Crippen MR) is 289 cm³/mol. The van der Waals surface area contributed by atoms with Crippen molar-refractivity contribution in [2.45, 2.75) is 118 Å². The normalized spacial score (nSPS) is 18.9. The third-order valence-corrected chi connectivity index (χ3v) is 15.3. The fourth-order valence-electron chi connectivity index (χ4n) is 10.4. The summed E-state index contributed by atoms with van der Waals surface area (Å²) in [6.07, 6.45) is 1.03. The van der Waals surface area contributed by atoms with Gasteiger partial charge in [0, 0.05) is 10.8 Å². The number of epoxide rings is 4. The SMILES string of the molecule is Cc1cc(C(C)(C)c2ccc(C(C)(C)c3cc(C)c(OCC4CO4)c(C)c3)cc2)cc(C)c1OCC1CO1.Cc1cc2cc(-c3ccc4c(C)c(OCC5CO5)c(C)cc4c3)ccc2c(C)c1OCC1CO1. The van der Waals surface area contributed by atoms with E-state index in [9.17, 15) is 0 Å². The van der Waals surface area contributed by atoms with E-state index in [4.69, 9.17) is 37.9 Å². The van der Waals surface area contributed by atoms with Gasteiger partial charge in [0.1, 0.15) is 73.8 Å². The molecule has 72 heavy (non-hydrogen) atoms. The Morgan fingerprint density at radius 1 is 0.361 bits per heavy atom. The maximum absolute atomic E-state index is 6.09. The molecule has 4 atom stereocenters. The lowest BCUT2D eigenvalue weighted by Gasteiger charge is -2.31. The Bertz CT molecular complexity index is 2890. The molecular weight excluding hydrogens is 897 g/mol. The largest absolute Gasteiger partial charge is 0.490 e. The number of rotatable bonds is 17. The van der Waals surface area contributed by atoms with E-state index in [2.05, 4.69) is 180 Å². The van der Waals surface area contributed by atoms with Gasteiger partial charge in [-0.2, -0.15) is 0 Å². The minimum absolute atomic E-state index is 0.131. The van der Waals surface area contributed by atoms with Crippen LogP contribution >= 0.6 is 0 Å². The van der Waals surface area contributed by atoms with Crippen molar-refractivity contribution in [1.82, 2.24) is 0 Å². The molecule has 376 valence electrons. The van der Waals surface area contributed by atoms with Crippen LogP contribution in [0.3, 0.4) is 0 Å². The molecule has 4 saturated heterocycles. The first-order chi connectivity index (χ1) is 34.4. The Morgan fingerprint density at radius 2 is 0.639 bits per heavy atom. The fourth-order valence-corrected chi connectivity index (χ4v) is 10.4. The number of hydrogen-bond donors (Lipinski definition) is 0. The molecule has 0 N–H and O–H groups in total. The average Bonchev–Trinajstić information content (AvgIpc) is 4.12. The Hall–Kier alpha value is -5.90. The molecule has 0 radical (unpaired) electrons. The minimum atomic E-state index is -0.131. The molecule has 0 saturated carbocycles. The van der Waals surface area contributed by atoms with Gasteiger partial charge in [0.05, 0.1) is 26.4 Å². The number of benzene rings is 7. The van der Waals surface area contributed by atoms with Gasteiger partial charge in [-0.05, 0) is 179 Å². The van der Waals surface area contributed by atoms with Crippen LogP contribution < -0.4 is 18.9 Å². The van der Waals surface area contributed by atoms with E-state index in [0.717, 1.165) is 60.6 Å². The van der Waals surface area contributed by atoms with Crippen LogP contribution in [0.1, 0.15) is 94.5 Å². The van der Waals surface area contributed by atoms with Crippen LogP contribution in [0.4, 0.5) is 0 Å². The van der Waals surface area contributed by atoms with E-state index in [1.54, 1.807) is 0 Å². The first-order valence-corrected chi connectivity index (χ1v) is 25.8. The third-order valence-electron chi connectivity index (χ3n) is 15.3. The van der Waals surface area contributed by atoms with Gasteiger partial charge in [0.25, 0.3) is 0 Å². The van der Waals surface area contributed by atoms with Crippen molar-refractivity contribution in [3.63, 3.8) is 0 Å². The Labute approximate surface area is 426 Å². The van der Waals surface area contributed by atoms with Crippen molar-refractivity contribution < 1.29 is 37.9 Å². The van der Waals surface area contributed by atoms with Gasteiger partial charge in [-0.1, -0.05) is 100 Å². The molecule has 8 heteroatoms. The van der Waals surface area contributed by atoms with E-state index < -0.39 is 0 Å². The molecule has 4 fully saturated rings. The van der Waals surface area contributed by atoms with Crippen molar-refractivity contribution in [2.75, 3.05) is 52.9 Å². The summed E-state index contributed by atoms with van der Waals surface area (Å²) in [6, 6.07) is 36.2. The number of ether oxygens (including phenoxy) is 8. The Morgan fingerprint density at radius 3 is 0.931 bits per heavy atom. The van der Waals surface area contributed by atoms with Crippen LogP contribution in [0.2, 0.25) is 0 Å². The Balaban J connectivity index is 0.000000167. The molecule has 8 nitrogen and oxygen atoms in total. The number of fused-ring (bicyclic) bond motifs is 2. The van der Waals surface area contributed by atoms with Crippen LogP contribution in [0, 0.1) is 55.4 Å². The second-order valence-electron chi connectivity index (χ2n) is 21.9. The van der Waals surface area contributed by atoms with Gasteiger partial charge >= 0.3 is 0 Å². The predicted octanol–water partition coefficient (Wildman–Crippen LogP) is 13.6. The van der Waals surface area contributed by atoms with Gasteiger partial charge in [0.2, 0.25) is 0 Å². The number of hydrogen-bond acceptors (Lipinski definition) is 8. The zero-order valence-corrected chi connectivity index (χ0v) is 44.5. The molecule has 11 rings (SSSR count). The van der Waals surface area contributed by atoms with Crippen molar-refractivity contribution in [1.29, 1.82) is 0 Å². The van der Waals surface area contributed by atoms with Crippen molar-refractivity contribution in [3.8, 4) is 34.1 Å². The van der Waals surface area contributed by atoms with Gasteiger partial charge < -0.3 is 37.9 Å². The summed E-state index contributed by atoms with van der Waals surface area (Å²) >= 11 is 0. The highest BCUT2D eigenvalue weighted by molar-refractivity contribution is 5.95. The van der Waals surface area contributed by atoms with Crippen LogP contribution in [-0.2, 0) is 29.8 Å². The smallest absolute Gasteiger partial charge is 0.125 e. The Kier molecular flexibility index (Phi) is 13.7. The van der Waals surface area contributed by atoms with Crippen molar-refractivity contribution in [3.05, 3.63) is 164 Å². The van der Waals surface area contributed by atoms with Crippen LogP contribution in [0.5, 0.6) is 23.0 Å². The van der Waals surface area contributed by atoms with Gasteiger partial charge in [-0.25, -0.2) is 0 Å². The first-order valence-electron chi connectivity index (χ1n) is 25.8. The summed E-state index contributed by atoms with van der Waals surface area (Å²) in [5, 5.41) is 4.94. The molecule has 7 aromatic carbocycles. The summed E-state index contributed by atoms with van der Waals surface area (Å²) in [4.78, 5) is 0. The molecule has 7 aromatic rings. The summed E-state index contributed by atoms with van der Waals surface area (Å²) in [6.45, 7) is 32.1. The lowest BCUT2D eigenvalue weighted by Crippen LogP contribution is -2.22. The molecule has 4 heterocycles. The molecule has 4 aliphatic rings. The van der Waals surface area contributed by atoms with Gasteiger partial charge in [0.15, 0.2) is 0 Å². The van der Waals surface area contributed by atoms with E-state index in [0.29, 0.717) is 26.4 Å². The maximum atomic E-state index is 6.09. The van der Waals surface area contributed by atoms with Gasteiger partial charge in [-0.3, -0.25) is 0 Å². The van der Waals surface area contributed by atoms with Crippen LogP contribution in [0.15, 0.2) is 97.1 Å². The monoisotopic (exact) mass is 969 g/mol. The molecule has 0 bridgehead atoms. The average molecular weight is 969 g/mol. The molecule has 0 amide bonds. The zero-order valence-electron chi connectivity index (χ0n) is 44.5. The zero-order chi connectivity index (χ0) is 50.6. The second kappa shape index (κ2) is 19.8. The lowest BCUT2D eigenvalue weighted by atomic mass is 9.74. The molecule has 0 aliphatic carbocycles. The van der Waals surface area contributed by atoms with E-state index in [1.807, 2.05) is 0 Å². The summed E-state index contributed by atoms with van der Waals surface area (Å²) in [7, 11) is 0. The second-order valence-corrected chi connectivity index (χ2v) is 21.9. The highest BCUT2D eigenvalue weighted by Crippen LogP contribution is 2.41. The highest BCUT2D eigenvalue weighted by Gasteiger charge is 2.31. The minimum Gasteiger partial charge on any atom is -0.490 e. The molecular formula is C64H72O8. The molecule has 0 spiro atoms. The first kappa shape index (κ1) is 49.7. The number of aryl methyl sites for hydroxylation is 8. The topological polar surface area (TPSA) is 87.0 Å². The highest BCUT2D eigenvalue weighted by atomic mass is 16.6. The molecule has 4 aliphatic heterocycles. The summed E-state index contributed by atoms with van der Waals surface area (Å²) in [5.41, 5.74) is 16.8. The van der Waals surface area contributed by atoms with Crippen molar-refractivity contribution in [2.24, 2.45) is 0 Å². The summed E-state index contributed by atoms with van der Waals surface area (Å²) in [5.74, 6) is 3.94. The molecule has 0 aromatic heterocycles. The third kappa shape index (κ3) is 10.7.